The van der Waals surface area contributed by atoms with E-state index < -0.39 is 0 Å². The number of hydrogen-bond acceptors (Lipinski definition) is 1. The van der Waals surface area contributed by atoms with Gasteiger partial charge in [0, 0.05) is 3.57 Å². The van der Waals surface area contributed by atoms with Gasteiger partial charge in [-0.15, -0.1) is 0 Å². The summed E-state index contributed by atoms with van der Waals surface area (Å²) in [6.07, 6.45) is 0. The molecular formula is C14H13IO. The van der Waals surface area contributed by atoms with E-state index in [0.29, 0.717) is 6.61 Å². The predicted octanol–water partition coefficient (Wildman–Crippen LogP) is 4.18. The van der Waals surface area contributed by atoms with Gasteiger partial charge in [0.05, 0.1) is 0 Å². The van der Waals surface area contributed by atoms with Gasteiger partial charge in [-0.2, -0.15) is 0 Å². The molecule has 0 aliphatic heterocycles. The molecule has 0 aromatic heterocycles. The third kappa shape index (κ3) is 3.23. The molecule has 2 aromatic rings. The zero-order valence-electron chi connectivity index (χ0n) is 9.11. The minimum absolute atomic E-state index is 0.625. The zero-order chi connectivity index (χ0) is 11.4. The molecule has 0 radical (unpaired) electrons. The smallest absolute Gasteiger partial charge is 0.120 e. The fourth-order valence-corrected chi connectivity index (χ4v) is 1.81. The Balaban J connectivity index is 1.99. The molecule has 0 fully saturated rings. The molecule has 0 aliphatic rings. The maximum atomic E-state index is 5.71. The number of halogens is 1. The van der Waals surface area contributed by atoms with E-state index in [1.54, 1.807) is 0 Å². The maximum Gasteiger partial charge on any atom is 0.120 e. The van der Waals surface area contributed by atoms with Crippen molar-refractivity contribution in [3.8, 4) is 5.75 Å². The molecule has 2 rings (SSSR count). The van der Waals surface area contributed by atoms with Crippen molar-refractivity contribution in [1.82, 2.24) is 0 Å². The number of ether oxygens (including phenoxy) is 1. The number of aryl methyl sites for hydroxylation is 1. The van der Waals surface area contributed by atoms with Crippen molar-refractivity contribution in [1.29, 1.82) is 0 Å². The minimum atomic E-state index is 0.625. The van der Waals surface area contributed by atoms with Crippen LogP contribution in [-0.2, 0) is 6.61 Å². The SMILES string of the molecule is Cc1cccc(OCc2ccc(I)cc2)c1. The minimum Gasteiger partial charge on any atom is -0.489 e. The Morgan fingerprint density at radius 1 is 1.06 bits per heavy atom. The Hall–Kier alpha value is -1.03. The molecule has 0 aliphatic carbocycles. The van der Waals surface area contributed by atoms with Crippen LogP contribution in [-0.4, -0.2) is 0 Å². The molecule has 0 atom stereocenters. The van der Waals surface area contributed by atoms with Crippen molar-refractivity contribution in [3.05, 3.63) is 63.2 Å². The van der Waals surface area contributed by atoms with Gasteiger partial charge in [-0.25, -0.2) is 0 Å². The van der Waals surface area contributed by atoms with Crippen LogP contribution in [0.3, 0.4) is 0 Å². The van der Waals surface area contributed by atoms with Crippen molar-refractivity contribution in [2.75, 3.05) is 0 Å². The third-order valence-corrected chi connectivity index (χ3v) is 3.03. The van der Waals surface area contributed by atoms with E-state index >= 15 is 0 Å². The van der Waals surface area contributed by atoms with Crippen LogP contribution in [0.25, 0.3) is 0 Å². The van der Waals surface area contributed by atoms with Crippen molar-refractivity contribution >= 4 is 22.6 Å². The van der Waals surface area contributed by atoms with Gasteiger partial charge in [0.15, 0.2) is 0 Å². The van der Waals surface area contributed by atoms with Crippen molar-refractivity contribution in [2.24, 2.45) is 0 Å². The number of benzene rings is 2. The van der Waals surface area contributed by atoms with E-state index in [2.05, 4.69) is 59.8 Å². The Kier molecular flexibility index (Phi) is 3.83. The summed E-state index contributed by atoms with van der Waals surface area (Å²) < 4.78 is 6.96. The highest BCUT2D eigenvalue weighted by Gasteiger charge is 1.96. The summed E-state index contributed by atoms with van der Waals surface area (Å²) in [4.78, 5) is 0. The van der Waals surface area contributed by atoms with E-state index in [-0.39, 0.29) is 0 Å². The quantitative estimate of drug-likeness (QED) is 0.770. The van der Waals surface area contributed by atoms with Gasteiger partial charge in [-0.3, -0.25) is 0 Å². The van der Waals surface area contributed by atoms with E-state index in [1.807, 2.05) is 18.2 Å². The molecule has 0 bridgehead atoms. The second kappa shape index (κ2) is 5.34. The lowest BCUT2D eigenvalue weighted by molar-refractivity contribution is 0.306. The first-order valence-corrected chi connectivity index (χ1v) is 6.26. The number of hydrogen-bond donors (Lipinski definition) is 0. The largest absolute Gasteiger partial charge is 0.489 e. The van der Waals surface area contributed by atoms with Gasteiger partial charge in [-0.1, -0.05) is 24.3 Å². The number of rotatable bonds is 3. The van der Waals surface area contributed by atoms with Crippen LogP contribution in [0.15, 0.2) is 48.5 Å². The molecule has 2 heteroatoms. The van der Waals surface area contributed by atoms with Crippen LogP contribution < -0.4 is 4.74 Å². The van der Waals surface area contributed by atoms with E-state index in [4.69, 9.17) is 4.74 Å². The molecule has 0 N–H and O–H groups in total. The lowest BCUT2D eigenvalue weighted by atomic mass is 10.2. The first-order chi connectivity index (χ1) is 7.74. The summed E-state index contributed by atoms with van der Waals surface area (Å²) in [5, 5.41) is 0. The monoisotopic (exact) mass is 324 g/mol. The van der Waals surface area contributed by atoms with Gasteiger partial charge >= 0.3 is 0 Å². The molecular weight excluding hydrogens is 311 g/mol. The van der Waals surface area contributed by atoms with Crippen LogP contribution in [0.5, 0.6) is 5.75 Å². The molecule has 2 aromatic carbocycles. The van der Waals surface area contributed by atoms with E-state index in [9.17, 15) is 0 Å². The first kappa shape index (κ1) is 11.5. The second-order valence-corrected chi connectivity index (χ2v) is 4.98. The molecule has 16 heavy (non-hydrogen) atoms. The molecule has 0 unspecified atom stereocenters. The van der Waals surface area contributed by atoms with Crippen molar-refractivity contribution < 1.29 is 4.74 Å². The Morgan fingerprint density at radius 3 is 2.50 bits per heavy atom. The normalized spacial score (nSPS) is 10.1. The van der Waals surface area contributed by atoms with Gasteiger partial charge in [-0.05, 0) is 64.9 Å². The van der Waals surface area contributed by atoms with Crippen LogP contribution in [0.1, 0.15) is 11.1 Å². The van der Waals surface area contributed by atoms with Gasteiger partial charge in [0.1, 0.15) is 12.4 Å². The molecule has 1 nitrogen and oxygen atoms in total. The fourth-order valence-electron chi connectivity index (χ4n) is 1.45. The summed E-state index contributed by atoms with van der Waals surface area (Å²) in [6, 6.07) is 16.5. The summed E-state index contributed by atoms with van der Waals surface area (Å²) in [6.45, 7) is 2.69. The average molecular weight is 324 g/mol. The molecule has 0 saturated heterocycles. The lowest BCUT2D eigenvalue weighted by Gasteiger charge is -2.06. The van der Waals surface area contributed by atoms with Crippen LogP contribution in [0, 0.1) is 10.5 Å². The highest BCUT2D eigenvalue weighted by atomic mass is 127. The van der Waals surface area contributed by atoms with Crippen LogP contribution >= 0.6 is 22.6 Å². The first-order valence-electron chi connectivity index (χ1n) is 5.18. The predicted molar refractivity (Wildman–Crippen MR) is 74.7 cm³/mol. The second-order valence-electron chi connectivity index (χ2n) is 3.73. The van der Waals surface area contributed by atoms with E-state index in [1.165, 1.54) is 14.7 Å². The van der Waals surface area contributed by atoms with Crippen molar-refractivity contribution in [3.63, 3.8) is 0 Å². The fraction of sp³-hybridized carbons (Fsp3) is 0.143. The summed E-state index contributed by atoms with van der Waals surface area (Å²) in [5.41, 5.74) is 2.42. The molecule has 0 saturated carbocycles. The van der Waals surface area contributed by atoms with Crippen LogP contribution in [0.2, 0.25) is 0 Å². The molecule has 0 spiro atoms. The molecule has 82 valence electrons. The Morgan fingerprint density at radius 2 is 1.81 bits per heavy atom. The molecule has 0 heterocycles. The summed E-state index contributed by atoms with van der Waals surface area (Å²) in [5.74, 6) is 0.929. The van der Waals surface area contributed by atoms with Gasteiger partial charge < -0.3 is 4.74 Å². The summed E-state index contributed by atoms with van der Waals surface area (Å²) >= 11 is 2.30. The van der Waals surface area contributed by atoms with Gasteiger partial charge in [0.2, 0.25) is 0 Å². The van der Waals surface area contributed by atoms with E-state index in [0.717, 1.165) is 5.75 Å². The van der Waals surface area contributed by atoms with Gasteiger partial charge in [0.25, 0.3) is 0 Å². The van der Waals surface area contributed by atoms with Crippen molar-refractivity contribution in [2.45, 2.75) is 13.5 Å². The standard InChI is InChI=1S/C14H13IO/c1-11-3-2-4-14(9-11)16-10-12-5-7-13(15)8-6-12/h2-9H,10H2,1H3. The Bertz CT molecular complexity index is 462. The molecule has 0 amide bonds. The van der Waals surface area contributed by atoms with Crippen LogP contribution in [0.4, 0.5) is 0 Å². The lowest BCUT2D eigenvalue weighted by Crippen LogP contribution is -1.95. The summed E-state index contributed by atoms with van der Waals surface area (Å²) in [7, 11) is 0. The third-order valence-electron chi connectivity index (χ3n) is 2.31. The maximum absolute atomic E-state index is 5.71. The topological polar surface area (TPSA) is 9.23 Å². The average Bonchev–Trinajstić information content (AvgIpc) is 2.28. The highest BCUT2D eigenvalue weighted by Crippen LogP contribution is 2.15. The zero-order valence-corrected chi connectivity index (χ0v) is 11.3. The Labute approximate surface area is 110 Å². The highest BCUT2D eigenvalue weighted by molar-refractivity contribution is 14.1.